The molecule has 0 radical (unpaired) electrons. The molecular weight excluding hydrogens is 430 g/mol. The molecule has 0 aliphatic rings. The lowest BCUT2D eigenvalue weighted by Crippen LogP contribution is -2.31. The summed E-state index contributed by atoms with van der Waals surface area (Å²) in [6.45, 7) is -1.84. The maximum atomic E-state index is 13.2. The van der Waals surface area contributed by atoms with Crippen molar-refractivity contribution < 1.29 is 62.2 Å². The minimum atomic E-state index is -6.32. The molecule has 0 spiro atoms. The molecule has 0 fully saturated rings. The van der Waals surface area contributed by atoms with Gasteiger partial charge in [0.05, 0.1) is 29.4 Å². The maximum Gasteiger partial charge on any atom is 0.417 e. The minimum absolute atomic E-state index is 0.637. The van der Waals surface area contributed by atoms with Gasteiger partial charge in [0.2, 0.25) is 0 Å². The van der Waals surface area contributed by atoms with Crippen LogP contribution in [0.15, 0.2) is 6.07 Å². The van der Waals surface area contributed by atoms with E-state index in [4.69, 9.17) is 0 Å². The van der Waals surface area contributed by atoms with Crippen LogP contribution in [0, 0.1) is 0 Å². The van der Waals surface area contributed by atoms with Gasteiger partial charge in [0.15, 0.2) is 0 Å². The Morgan fingerprint density at radius 2 is 1.21 bits per heavy atom. The summed E-state index contributed by atoms with van der Waals surface area (Å²) in [6, 6.07) is -1.08. The number of nitrogens with one attached hydrogen (secondary N) is 1. The number of alkyl carbamates (subject to hydrolysis) is 1. The van der Waals surface area contributed by atoms with Crippen LogP contribution < -0.4 is 5.32 Å². The average Bonchev–Trinajstić information content (AvgIpc) is 2.47. The third-order valence-corrected chi connectivity index (χ3v) is 3.21. The summed E-state index contributed by atoms with van der Waals surface area (Å²) in [7, 11) is 0.637. The molecule has 1 amide bonds. The van der Waals surface area contributed by atoms with E-state index >= 15 is 0 Å². The van der Waals surface area contributed by atoms with Crippen molar-refractivity contribution in [3.63, 3.8) is 0 Å². The maximum absolute atomic E-state index is 13.2. The second-order valence-corrected chi connectivity index (χ2v) is 5.04. The molecule has 1 N–H and O–H groups in total. The van der Waals surface area contributed by atoms with E-state index in [1.54, 1.807) is 0 Å². The number of benzene rings is 1. The molecule has 0 aromatic heterocycles. The van der Waals surface area contributed by atoms with Crippen LogP contribution in [0.3, 0.4) is 0 Å². The van der Waals surface area contributed by atoms with E-state index in [2.05, 4.69) is 4.74 Å². The van der Waals surface area contributed by atoms with Gasteiger partial charge in [-0.2, -0.15) is 52.7 Å². The van der Waals surface area contributed by atoms with Gasteiger partial charge in [-0.05, 0) is 11.6 Å². The molecule has 160 valence electrons. The van der Waals surface area contributed by atoms with Crippen LogP contribution in [0.4, 0.5) is 57.5 Å². The summed E-state index contributed by atoms with van der Waals surface area (Å²) in [5.74, 6) is 0. The zero-order valence-corrected chi connectivity index (χ0v) is 13.1. The van der Waals surface area contributed by atoms with Crippen molar-refractivity contribution in [2.45, 2.75) is 31.2 Å². The van der Waals surface area contributed by atoms with Gasteiger partial charge in [-0.25, -0.2) is 4.79 Å². The fourth-order valence-corrected chi connectivity index (χ4v) is 2.22. The first-order valence-electron chi connectivity index (χ1n) is 6.62. The highest BCUT2D eigenvalue weighted by Crippen LogP contribution is 2.51. The molecule has 1 rings (SSSR count). The van der Waals surface area contributed by atoms with Gasteiger partial charge < -0.3 is 10.1 Å². The van der Waals surface area contributed by atoms with Crippen molar-refractivity contribution in [1.29, 1.82) is 0 Å². The first-order chi connectivity index (χ1) is 12.3. The van der Waals surface area contributed by atoms with Gasteiger partial charge in [-0.1, -0.05) is 0 Å². The van der Waals surface area contributed by atoms with Gasteiger partial charge in [-0.15, -0.1) is 0 Å². The molecule has 1 aromatic rings. The highest BCUT2D eigenvalue weighted by Gasteiger charge is 2.54. The van der Waals surface area contributed by atoms with Gasteiger partial charge >= 0.3 is 30.8 Å². The summed E-state index contributed by atoms with van der Waals surface area (Å²) in [5, 5.41) is 1.30. The number of hydrogen-bond acceptors (Lipinski definition) is 2. The van der Waals surface area contributed by atoms with Crippen molar-refractivity contribution in [2.75, 3.05) is 7.11 Å². The molecule has 0 heterocycles. The van der Waals surface area contributed by atoms with Crippen molar-refractivity contribution >= 4 is 6.09 Å². The summed E-state index contributed by atoms with van der Waals surface area (Å²) in [5.41, 5.74) is -14.6. The standard InChI is InChI=1S/C13H7F12NO2/c1-28-9(27)26-3-4-5(10(14,15)16)2-6(11(17,18)19)8(13(23,24)25)7(4)12(20,21)22/h2H,3H2,1H3,(H,26,27). The van der Waals surface area contributed by atoms with Crippen LogP contribution >= 0.6 is 0 Å². The van der Waals surface area contributed by atoms with E-state index in [-0.39, 0.29) is 0 Å². The quantitative estimate of drug-likeness (QED) is 0.611. The Kier molecular flexibility index (Phi) is 6.12. The topological polar surface area (TPSA) is 38.3 Å². The number of carbonyl (C=O) groups is 1. The Morgan fingerprint density at radius 1 is 0.786 bits per heavy atom. The van der Waals surface area contributed by atoms with Gasteiger partial charge in [0.25, 0.3) is 0 Å². The van der Waals surface area contributed by atoms with Crippen LogP contribution in [0.2, 0.25) is 0 Å². The predicted octanol–water partition coefficient (Wildman–Crippen LogP) is 5.62. The lowest BCUT2D eigenvalue weighted by Gasteiger charge is -2.26. The Bertz CT molecular complexity index is 742. The number of ether oxygens (including phenoxy) is 1. The molecule has 15 heteroatoms. The van der Waals surface area contributed by atoms with Crippen LogP contribution in [0.25, 0.3) is 0 Å². The van der Waals surface area contributed by atoms with Crippen LogP contribution in [-0.4, -0.2) is 13.2 Å². The molecule has 0 aliphatic carbocycles. The van der Waals surface area contributed by atoms with E-state index in [0.29, 0.717) is 7.11 Å². The number of hydrogen-bond donors (Lipinski definition) is 1. The lowest BCUT2D eigenvalue weighted by molar-refractivity contribution is -0.176. The van der Waals surface area contributed by atoms with Crippen LogP contribution in [-0.2, 0) is 36.0 Å². The van der Waals surface area contributed by atoms with Crippen molar-refractivity contribution in [2.24, 2.45) is 0 Å². The van der Waals surface area contributed by atoms with Crippen molar-refractivity contribution in [3.05, 3.63) is 33.9 Å². The number of carbonyl (C=O) groups excluding carboxylic acids is 1. The Balaban J connectivity index is 4.12. The van der Waals surface area contributed by atoms with E-state index in [9.17, 15) is 57.5 Å². The minimum Gasteiger partial charge on any atom is -0.453 e. The highest BCUT2D eigenvalue weighted by atomic mass is 19.4. The molecule has 0 unspecified atom stereocenters. The van der Waals surface area contributed by atoms with Gasteiger partial charge in [0, 0.05) is 6.54 Å². The third-order valence-electron chi connectivity index (χ3n) is 3.21. The fourth-order valence-electron chi connectivity index (χ4n) is 2.22. The predicted molar refractivity (Wildman–Crippen MR) is 65.7 cm³/mol. The molecular formula is C13H7F12NO2. The number of rotatable bonds is 2. The molecule has 0 saturated carbocycles. The van der Waals surface area contributed by atoms with Crippen molar-refractivity contribution in [3.8, 4) is 0 Å². The van der Waals surface area contributed by atoms with Gasteiger partial charge in [-0.3, -0.25) is 0 Å². The number of halogens is 12. The van der Waals surface area contributed by atoms with E-state index < -0.39 is 71.2 Å². The van der Waals surface area contributed by atoms with E-state index in [1.165, 1.54) is 5.32 Å². The highest BCUT2D eigenvalue weighted by molar-refractivity contribution is 5.67. The molecule has 0 saturated heterocycles. The Labute approximate surface area is 147 Å². The molecule has 0 aliphatic heterocycles. The van der Waals surface area contributed by atoms with Gasteiger partial charge in [0.1, 0.15) is 0 Å². The lowest BCUT2D eigenvalue weighted by atomic mass is 9.89. The summed E-state index contributed by atoms with van der Waals surface area (Å²) >= 11 is 0. The number of methoxy groups -OCH3 is 1. The Morgan fingerprint density at radius 3 is 1.54 bits per heavy atom. The van der Waals surface area contributed by atoms with Crippen LogP contribution in [0.5, 0.6) is 0 Å². The Hall–Kier alpha value is -2.35. The number of amides is 1. The average molecular weight is 437 g/mol. The fraction of sp³-hybridized carbons (Fsp3) is 0.462. The number of alkyl halides is 12. The first kappa shape index (κ1) is 23.7. The second-order valence-electron chi connectivity index (χ2n) is 5.04. The monoisotopic (exact) mass is 437 g/mol. The molecule has 28 heavy (non-hydrogen) atoms. The molecule has 1 aromatic carbocycles. The summed E-state index contributed by atoms with van der Waals surface area (Å²) in [6.07, 6.45) is -26.3. The molecule has 0 bridgehead atoms. The zero-order chi connectivity index (χ0) is 22.3. The smallest absolute Gasteiger partial charge is 0.417 e. The van der Waals surface area contributed by atoms with Crippen LogP contribution in [0.1, 0.15) is 27.8 Å². The normalized spacial score (nSPS) is 13.5. The largest absolute Gasteiger partial charge is 0.453 e. The van der Waals surface area contributed by atoms with E-state index in [1.807, 2.05) is 0 Å². The third kappa shape index (κ3) is 5.13. The first-order valence-corrected chi connectivity index (χ1v) is 6.62. The summed E-state index contributed by atoms with van der Waals surface area (Å²) < 4.78 is 160. The SMILES string of the molecule is COC(=O)NCc1c(C(F)(F)F)cc(C(F)(F)F)c(C(F)(F)F)c1C(F)(F)F. The zero-order valence-electron chi connectivity index (χ0n) is 13.1. The summed E-state index contributed by atoms with van der Waals surface area (Å²) in [4.78, 5) is 10.9. The molecule has 3 nitrogen and oxygen atoms in total. The van der Waals surface area contributed by atoms with Crippen molar-refractivity contribution in [1.82, 2.24) is 5.32 Å². The second kappa shape index (κ2) is 7.24. The molecule has 0 atom stereocenters. The van der Waals surface area contributed by atoms with E-state index in [0.717, 1.165) is 0 Å².